The van der Waals surface area contributed by atoms with Crippen LogP contribution in [0.25, 0.3) is 11.0 Å². The molecule has 0 radical (unpaired) electrons. The van der Waals surface area contributed by atoms with Gasteiger partial charge >= 0.3 is 0 Å². The first-order valence-corrected chi connectivity index (χ1v) is 5.82. The molecule has 0 aliphatic heterocycles. The number of pyridine rings is 1. The molecule has 0 aliphatic carbocycles. The Balaban J connectivity index is 2.06. The summed E-state index contributed by atoms with van der Waals surface area (Å²) in [6, 6.07) is 11.4. The van der Waals surface area contributed by atoms with E-state index in [2.05, 4.69) is 4.98 Å². The fraction of sp³-hybridized carbons (Fsp3) is 0.133. The van der Waals surface area contributed by atoms with Crippen LogP contribution in [0.3, 0.4) is 0 Å². The number of benzene rings is 1. The van der Waals surface area contributed by atoms with Crippen LogP contribution in [-0.4, -0.2) is 10.1 Å². The van der Waals surface area contributed by atoms with E-state index in [1.54, 1.807) is 12.5 Å². The topological polar surface area (TPSA) is 46.3 Å². The Morgan fingerprint density at radius 2 is 2.00 bits per heavy atom. The van der Waals surface area contributed by atoms with Crippen molar-refractivity contribution in [2.75, 3.05) is 0 Å². The lowest BCUT2D eigenvalue weighted by Crippen LogP contribution is -1.99. The summed E-state index contributed by atoms with van der Waals surface area (Å²) < 4.78 is 5.43. The van der Waals surface area contributed by atoms with Gasteiger partial charge < -0.3 is 9.52 Å². The third-order valence-electron chi connectivity index (χ3n) is 3.06. The second kappa shape index (κ2) is 4.27. The van der Waals surface area contributed by atoms with Gasteiger partial charge in [-0.3, -0.25) is 4.98 Å². The Bertz CT molecular complexity index is 670. The molecule has 0 saturated carbocycles. The van der Waals surface area contributed by atoms with Crippen LogP contribution >= 0.6 is 0 Å². The van der Waals surface area contributed by atoms with Crippen molar-refractivity contribution in [3.8, 4) is 0 Å². The number of aliphatic hydroxyl groups is 1. The van der Waals surface area contributed by atoms with Gasteiger partial charge in [-0.05, 0) is 19.1 Å². The maximum atomic E-state index is 10.4. The number of aromatic nitrogens is 1. The van der Waals surface area contributed by atoms with Crippen molar-refractivity contribution in [1.82, 2.24) is 4.98 Å². The summed E-state index contributed by atoms with van der Waals surface area (Å²) >= 11 is 0. The van der Waals surface area contributed by atoms with Crippen molar-refractivity contribution in [3.63, 3.8) is 0 Å². The van der Waals surface area contributed by atoms with Crippen LogP contribution in [0.15, 0.2) is 53.3 Å². The fourth-order valence-electron chi connectivity index (χ4n) is 2.03. The second-order valence-electron chi connectivity index (χ2n) is 4.32. The number of aliphatic hydroxyl groups excluding tert-OH is 1. The molecule has 1 aromatic carbocycles. The van der Waals surface area contributed by atoms with Crippen LogP contribution in [0.4, 0.5) is 0 Å². The third-order valence-corrected chi connectivity index (χ3v) is 3.06. The van der Waals surface area contributed by atoms with Gasteiger partial charge in [0.15, 0.2) is 0 Å². The van der Waals surface area contributed by atoms with Gasteiger partial charge in [-0.25, -0.2) is 0 Å². The summed E-state index contributed by atoms with van der Waals surface area (Å²) in [4.78, 5) is 4.20. The summed E-state index contributed by atoms with van der Waals surface area (Å²) in [5, 5.41) is 11.3. The predicted octanol–water partition coefficient (Wildman–Crippen LogP) is 3.22. The van der Waals surface area contributed by atoms with Crippen LogP contribution in [0.1, 0.15) is 22.9 Å². The molecule has 2 aromatic heterocycles. The minimum absolute atomic E-state index is 0.707. The molecule has 1 unspecified atom stereocenters. The number of furan rings is 1. The van der Waals surface area contributed by atoms with Gasteiger partial charge in [0, 0.05) is 28.4 Å². The number of hydrogen-bond donors (Lipinski definition) is 1. The van der Waals surface area contributed by atoms with Gasteiger partial charge in [0.1, 0.15) is 11.7 Å². The quantitative estimate of drug-likeness (QED) is 0.746. The monoisotopic (exact) mass is 239 g/mol. The Kier molecular flexibility index (Phi) is 2.61. The molecule has 90 valence electrons. The molecule has 3 nitrogen and oxygen atoms in total. The van der Waals surface area contributed by atoms with E-state index in [0.29, 0.717) is 0 Å². The second-order valence-corrected chi connectivity index (χ2v) is 4.32. The minimum atomic E-state index is -0.707. The lowest BCUT2D eigenvalue weighted by molar-refractivity contribution is 0.220. The molecular formula is C15H13NO2. The SMILES string of the molecule is Cc1ccc(C(O)c2coc3ccccc23)cn1. The van der Waals surface area contributed by atoms with Crippen molar-refractivity contribution < 1.29 is 9.52 Å². The molecule has 3 rings (SSSR count). The first kappa shape index (κ1) is 11.0. The maximum absolute atomic E-state index is 10.4. The summed E-state index contributed by atoms with van der Waals surface area (Å²) in [5.74, 6) is 0. The normalized spacial score (nSPS) is 12.8. The van der Waals surface area contributed by atoms with Crippen molar-refractivity contribution in [2.45, 2.75) is 13.0 Å². The largest absolute Gasteiger partial charge is 0.464 e. The molecule has 3 aromatic rings. The highest BCUT2D eigenvalue weighted by Crippen LogP contribution is 2.30. The van der Waals surface area contributed by atoms with E-state index in [4.69, 9.17) is 4.42 Å². The zero-order valence-electron chi connectivity index (χ0n) is 10.00. The van der Waals surface area contributed by atoms with Crippen molar-refractivity contribution in [1.29, 1.82) is 0 Å². The van der Waals surface area contributed by atoms with E-state index in [1.165, 1.54) is 0 Å². The number of nitrogens with zero attached hydrogens (tertiary/aromatic N) is 1. The fourth-order valence-corrected chi connectivity index (χ4v) is 2.03. The highest BCUT2D eigenvalue weighted by atomic mass is 16.3. The van der Waals surface area contributed by atoms with Crippen molar-refractivity contribution >= 4 is 11.0 Å². The zero-order chi connectivity index (χ0) is 12.5. The Morgan fingerprint density at radius 3 is 2.78 bits per heavy atom. The van der Waals surface area contributed by atoms with E-state index in [9.17, 15) is 5.11 Å². The molecule has 0 saturated heterocycles. The van der Waals surface area contributed by atoms with Crippen LogP contribution in [0.5, 0.6) is 0 Å². The first-order chi connectivity index (χ1) is 8.75. The van der Waals surface area contributed by atoms with Gasteiger partial charge in [0.2, 0.25) is 0 Å². The summed E-state index contributed by atoms with van der Waals surface area (Å²) in [6.45, 7) is 1.92. The van der Waals surface area contributed by atoms with Gasteiger partial charge in [0.05, 0.1) is 6.26 Å². The van der Waals surface area contributed by atoms with E-state index in [-0.39, 0.29) is 0 Å². The summed E-state index contributed by atoms with van der Waals surface area (Å²) in [6.07, 6.45) is 2.60. The molecule has 0 spiro atoms. The average molecular weight is 239 g/mol. The molecule has 18 heavy (non-hydrogen) atoms. The van der Waals surface area contributed by atoms with E-state index in [1.807, 2.05) is 43.3 Å². The van der Waals surface area contributed by atoms with Gasteiger partial charge in [-0.2, -0.15) is 0 Å². The molecular weight excluding hydrogens is 226 g/mol. The smallest absolute Gasteiger partial charge is 0.134 e. The predicted molar refractivity (Wildman–Crippen MR) is 69.2 cm³/mol. The molecule has 1 atom stereocenters. The molecule has 1 N–H and O–H groups in total. The summed E-state index contributed by atoms with van der Waals surface area (Å²) in [7, 11) is 0. The van der Waals surface area contributed by atoms with Crippen molar-refractivity contribution in [2.24, 2.45) is 0 Å². The Morgan fingerprint density at radius 1 is 1.17 bits per heavy atom. The maximum Gasteiger partial charge on any atom is 0.134 e. The molecule has 0 fully saturated rings. The molecule has 0 aliphatic rings. The highest BCUT2D eigenvalue weighted by Gasteiger charge is 2.16. The molecule has 2 heterocycles. The number of fused-ring (bicyclic) bond motifs is 1. The number of rotatable bonds is 2. The van der Waals surface area contributed by atoms with Gasteiger partial charge in [-0.15, -0.1) is 0 Å². The number of hydrogen-bond acceptors (Lipinski definition) is 3. The lowest BCUT2D eigenvalue weighted by atomic mass is 10.0. The van der Waals surface area contributed by atoms with E-state index < -0.39 is 6.10 Å². The molecule has 3 heteroatoms. The van der Waals surface area contributed by atoms with E-state index >= 15 is 0 Å². The third kappa shape index (κ3) is 1.79. The van der Waals surface area contributed by atoms with Crippen molar-refractivity contribution in [3.05, 3.63) is 65.7 Å². The number of aryl methyl sites for hydroxylation is 1. The number of para-hydroxylation sites is 1. The molecule has 0 amide bonds. The highest BCUT2D eigenvalue weighted by molar-refractivity contribution is 5.81. The minimum Gasteiger partial charge on any atom is -0.464 e. The Labute approximate surface area is 105 Å². The van der Waals surface area contributed by atoms with Gasteiger partial charge in [-0.1, -0.05) is 24.3 Å². The first-order valence-electron chi connectivity index (χ1n) is 5.82. The van der Waals surface area contributed by atoms with Crippen LogP contribution < -0.4 is 0 Å². The summed E-state index contributed by atoms with van der Waals surface area (Å²) in [5.41, 5.74) is 3.26. The standard InChI is InChI=1S/C15H13NO2/c1-10-6-7-11(8-16-10)15(17)13-9-18-14-5-3-2-4-12(13)14/h2-9,15,17H,1H3. The molecule has 0 bridgehead atoms. The van der Waals surface area contributed by atoms with Crippen LogP contribution in [0, 0.1) is 6.92 Å². The van der Waals surface area contributed by atoms with Crippen LogP contribution in [0.2, 0.25) is 0 Å². The van der Waals surface area contributed by atoms with Gasteiger partial charge in [0.25, 0.3) is 0 Å². The Hall–Kier alpha value is -2.13. The van der Waals surface area contributed by atoms with E-state index in [0.717, 1.165) is 27.8 Å². The van der Waals surface area contributed by atoms with Crippen LogP contribution in [-0.2, 0) is 0 Å². The lowest BCUT2D eigenvalue weighted by Gasteiger charge is -2.09. The zero-order valence-corrected chi connectivity index (χ0v) is 10.00. The average Bonchev–Trinajstić information content (AvgIpc) is 2.82.